The molecule has 5 heteroatoms. The van der Waals surface area contributed by atoms with Crippen LogP contribution in [0.15, 0.2) is 180 Å². The normalized spacial score (nSPS) is 13.6. The van der Waals surface area contributed by atoms with E-state index in [2.05, 4.69) is 96.4 Å². The average molecular weight is 639 g/mol. The van der Waals surface area contributed by atoms with E-state index in [9.17, 15) is 0 Å². The maximum atomic E-state index is 7.04. The molecule has 0 saturated heterocycles. The zero-order valence-electron chi connectivity index (χ0n) is 26.3. The van der Waals surface area contributed by atoms with Crippen molar-refractivity contribution in [3.05, 3.63) is 197 Å². The molecule has 0 bridgehead atoms. The van der Waals surface area contributed by atoms with Crippen molar-refractivity contribution in [1.82, 2.24) is 9.55 Å². The van der Waals surface area contributed by atoms with Crippen molar-refractivity contribution in [2.75, 3.05) is 0 Å². The zero-order chi connectivity index (χ0) is 32.5. The predicted molar refractivity (Wildman–Crippen MR) is 198 cm³/mol. The summed E-state index contributed by atoms with van der Waals surface area (Å²) in [4.78, 5) is 17.0. The molecule has 0 atom stereocenters. The summed E-state index contributed by atoms with van der Waals surface area (Å²) >= 11 is 7.04. The lowest BCUT2D eigenvalue weighted by Crippen LogP contribution is -2.32. The first-order valence-electron chi connectivity index (χ1n) is 16.0. The van der Waals surface area contributed by atoms with Crippen LogP contribution >= 0.6 is 11.6 Å². The molecule has 6 aromatic carbocycles. The standard InChI is InChI=1S/C43H31ClN4/c1-30-18-14-16-28-36(30)43(46-38(31-19-6-2-7-20-31)39(47-43)32-21-8-3-9-22-32)48-41(34-25-12-5-13-26-34)40(33-23-10-4-11-24-33)45-42(48)35-27-15-17-29-37(35)44/h2-29H,1H3. The largest absolute Gasteiger partial charge is 0.275 e. The van der Waals surface area contributed by atoms with Gasteiger partial charge in [0, 0.05) is 33.4 Å². The summed E-state index contributed by atoms with van der Waals surface area (Å²) in [7, 11) is 0. The van der Waals surface area contributed by atoms with E-state index >= 15 is 0 Å². The van der Waals surface area contributed by atoms with Gasteiger partial charge >= 0.3 is 0 Å². The molecule has 1 aliphatic rings. The maximum absolute atomic E-state index is 7.04. The number of halogens is 1. The number of rotatable bonds is 7. The number of nitrogens with zero attached hydrogens (tertiary/aromatic N) is 4. The summed E-state index contributed by atoms with van der Waals surface area (Å²) in [5, 5.41) is 0.598. The fraction of sp³-hybridized carbons (Fsp3) is 0.0465. The minimum atomic E-state index is -1.28. The molecule has 0 amide bonds. The Morgan fingerprint density at radius 3 is 1.50 bits per heavy atom. The van der Waals surface area contributed by atoms with E-state index < -0.39 is 5.79 Å². The second-order valence-electron chi connectivity index (χ2n) is 11.8. The van der Waals surface area contributed by atoms with Gasteiger partial charge in [-0.15, -0.1) is 0 Å². The lowest BCUT2D eigenvalue weighted by molar-refractivity contribution is 0.407. The Kier molecular flexibility index (Phi) is 7.64. The van der Waals surface area contributed by atoms with Crippen LogP contribution in [0.25, 0.3) is 33.9 Å². The molecular formula is C43H31ClN4. The van der Waals surface area contributed by atoms with Crippen LogP contribution < -0.4 is 0 Å². The van der Waals surface area contributed by atoms with Crippen molar-refractivity contribution in [3.8, 4) is 33.9 Å². The smallest absolute Gasteiger partial charge is 0.261 e. The molecule has 230 valence electrons. The summed E-state index contributed by atoms with van der Waals surface area (Å²) in [6.07, 6.45) is 0. The highest BCUT2D eigenvalue weighted by Gasteiger charge is 2.45. The van der Waals surface area contributed by atoms with Gasteiger partial charge in [0.15, 0.2) is 0 Å². The lowest BCUT2D eigenvalue weighted by Gasteiger charge is -2.31. The third-order valence-electron chi connectivity index (χ3n) is 8.76. The van der Waals surface area contributed by atoms with E-state index in [0.717, 1.165) is 61.8 Å². The van der Waals surface area contributed by atoms with Gasteiger partial charge in [0.05, 0.1) is 27.8 Å². The van der Waals surface area contributed by atoms with Gasteiger partial charge in [-0.05, 0) is 24.6 Å². The van der Waals surface area contributed by atoms with Gasteiger partial charge < -0.3 is 0 Å². The highest BCUT2D eigenvalue weighted by atomic mass is 35.5. The van der Waals surface area contributed by atoms with Gasteiger partial charge in [-0.1, -0.05) is 169 Å². The number of aliphatic imine (C=N–C) groups is 2. The quantitative estimate of drug-likeness (QED) is 0.171. The second-order valence-corrected chi connectivity index (χ2v) is 12.2. The van der Waals surface area contributed by atoms with Crippen LogP contribution in [0.3, 0.4) is 0 Å². The molecule has 0 radical (unpaired) electrons. The van der Waals surface area contributed by atoms with E-state index in [-0.39, 0.29) is 0 Å². The van der Waals surface area contributed by atoms with E-state index in [1.165, 1.54) is 0 Å². The van der Waals surface area contributed by atoms with Gasteiger partial charge in [0.2, 0.25) is 0 Å². The fourth-order valence-electron chi connectivity index (χ4n) is 6.53. The Morgan fingerprint density at radius 1 is 0.500 bits per heavy atom. The summed E-state index contributed by atoms with van der Waals surface area (Å²) in [6, 6.07) is 57.6. The summed E-state index contributed by atoms with van der Waals surface area (Å²) < 4.78 is 2.22. The monoisotopic (exact) mass is 638 g/mol. The molecule has 1 aliphatic heterocycles. The number of aryl methyl sites for hydroxylation is 1. The Hall–Kier alpha value is -5.84. The van der Waals surface area contributed by atoms with Gasteiger partial charge in [-0.25, -0.2) is 15.0 Å². The van der Waals surface area contributed by atoms with Gasteiger partial charge in [-0.3, -0.25) is 4.57 Å². The SMILES string of the molecule is Cc1ccccc1C1(n2c(-c3ccccc3Cl)nc(-c3ccccc3)c2-c2ccccc2)N=C(c2ccccc2)C(c2ccccc2)=N1. The third-order valence-corrected chi connectivity index (χ3v) is 9.09. The third kappa shape index (κ3) is 5.07. The Morgan fingerprint density at radius 2 is 0.958 bits per heavy atom. The molecular weight excluding hydrogens is 608 g/mol. The molecule has 7 aromatic rings. The van der Waals surface area contributed by atoms with E-state index in [1.807, 2.05) is 84.9 Å². The number of hydrogen-bond acceptors (Lipinski definition) is 3. The van der Waals surface area contributed by atoms with Gasteiger partial charge in [-0.2, -0.15) is 0 Å². The molecule has 0 fully saturated rings. The van der Waals surface area contributed by atoms with Crippen molar-refractivity contribution in [1.29, 1.82) is 0 Å². The Labute approximate surface area is 285 Å². The zero-order valence-corrected chi connectivity index (χ0v) is 27.1. The molecule has 0 saturated carbocycles. The number of benzene rings is 6. The lowest BCUT2D eigenvalue weighted by atomic mass is 9.99. The highest BCUT2D eigenvalue weighted by molar-refractivity contribution is 6.54. The number of imidazole rings is 1. The summed E-state index contributed by atoms with van der Waals surface area (Å²) in [5.74, 6) is -0.600. The number of hydrogen-bond donors (Lipinski definition) is 0. The molecule has 4 nitrogen and oxygen atoms in total. The highest BCUT2D eigenvalue weighted by Crippen LogP contribution is 2.47. The van der Waals surface area contributed by atoms with Crippen molar-refractivity contribution < 1.29 is 0 Å². The van der Waals surface area contributed by atoms with Crippen LogP contribution in [0.5, 0.6) is 0 Å². The minimum absolute atomic E-state index is 0.598. The first-order valence-corrected chi connectivity index (χ1v) is 16.4. The molecule has 8 rings (SSSR count). The molecule has 48 heavy (non-hydrogen) atoms. The van der Waals surface area contributed by atoms with Gasteiger partial charge in [0.1, 0.15) is 5.82 Å². The van der Waals surface area contributed by atoms with Crippen molar-refractivity contribution in [2.24, 2.45) is 9.98 Å². The van der Waals surface area contributed by atoms with Crippen LogP contribution in [0.4, 0.5) is 0 Å². The Balaban J connectivity index is 1.59. The first-order chi connectivity index (χ1) is 23.6. The summed E-state index contributed by atoms with van der Waals surface area (Å²) in [5.41, 5.74) is 10.1. The molecule has 0 aliphatic carbocycles. The molecule has 1 aromatic heterocycles. The van der Waals surface area contributed by atoms with Crippen molar-refractivity contribution in [2.45, 2.75) is 12.7 Å². The minimum Gasteiger partial charge on any atom is -0.275 e. The van der Waals surface area contributed by atoms with Crippen LogP contribution in [-0.2, 0) is 5.79 Å². The Bertz CT molecular complexity index is 2230. The maximum Gasteiger partial charge on any atom is 0.261 e. The van der Waals surface area contributed by atoms with Crippen LogP contribution in [0.1, 0.15) is 22.3 Å². The van der Waals surface area contributed by atoms with E-state index in [4.69, 9.17) is 26.6 Å². The topological polar surface area (TPSA) is 42.5 Å². The van der Waals surface area contributed by atoms with Crippen LogP contribution in [-0.4, -0.2) is 21.0 Å². The molecule has 2 heterocycles. The average Bonchev–Trinajstić information content (AvgIpc) is 3.75. The molecule has 0 spiro atoms. The molecule has 0 N–H and O–H groups in total. The summed E-state index contributed by atoms with van der Waals surface area (Å²) in [6.45, 7) is 2.12. The predicted octanol–water partition coefficient (Wildman–Crippen LogP) is 10.5. The van der Waals surface area contributed by atoms with Crippen LogP contribution in [0, 0.1) is 6.92 Å². The van der Waals surface area contributed by atoms with E-state index in [0.29, 0.717) is 10.8 Å². The van der Waals surface area contributed by atoms with Crippen molar-refractivity contribution >= 4 is 23.0 Å². The van der Waals surface area contributed by atoms with Crippen LogP contribution in [0.2, 0.25) is 5.02 Å². The number of aromatic nitrogens is 2. The van der Waals surface area contributed by atoms with Gasteiger partial charge in [0.25, 0.3) is 5.79 Å². The van der Waals surface area contributed by atoms with Crippen molar-refractivity contribution in [3.63, 3.8) is 0 Å². The second kappa shape index (κ2) is 12.4. The van der Waals surface area contributed by atoms with E-state index in [1.54, 1.807) is 0 Å². The fourth-order valence-corrected chi connectivity index (χ4v) is 6.75. The molecule has 0 unspecified atom stereocenters. The first kappa shape index (κ1) is 29.6.